The largest absolute Gasteiger partial charge is 0.465 e. The zero-order chi connectivity index (χ0) is 19.5. The third-order valence-electron chi connectivity index (χ3n) is 4.54. The zero-order valence-electron chi connectivity index (χ0n) is 15.5. The molecule has 1 heterocycles. The van der Waals surface area contributed by atoms with E-state index < -0.39 is 22.1 Å². The first-order valence-corrected chi connectivity index (χ1v) is 9.74. The molecular formula is C17H25N3O5S. The molecule has 1 N–H and O–H groups in total. The molecule has 1 saturated heterocycles. The summed E-state index contributed by atoms with van der Waals surface area (Å²) in [5, 5.41) is 2.82. The molecule has 0 unspecified atom stereocenters. The highest BCUT2D eigenvalue weighted by atomic mass is 32.2. The maximum atomic E-state index is 12.7. The van der Waals surface area contributed by atoms with Gasteiger partial charge < -0.3 is 10.1 Å². The molecular weight excluding hydrogens is 358 g/mol. The van der Waals surface area contributed by atoms with Crippen LogP contribution in [-0.2, 0) is 19.7 Å². The molecule has 0 aromatic heterocycles. The van der Waals surface area contributed by atoms with Crippen molar-refractivity contribution in [3.8, 4) is 0 Å². The average Bonchev–Trinajstić information content (AvgIpc) is 2.62. The molecule has 1 aromatic rings. The van der Waals surface area contributed by atoms with Crippen molar-refractivity contribution in [3.63, 3.8) is 0 Å². The number of methoxy groups -OCH3 is 1. The summed E-state index contributed by atoms with van der Waals surface area (Å²) < 4.78 is 31.8. The predicted octanol–water partition coefficient (Wildman–Crippen LogP) is 1.24. The maximum absolute atomic E-state index is 12.7. The molecule has 2 rings (SSSR count). The van der Waals surface area contributed by atoms with Crippen LogP contribution in [0.15, 0.2) is 18.2 Å². The van der Waals surface area contributed by atoms with Crippen molar-refractivity contribution in [2.45, 2.75) is 19.8 Å². The van der Waals surface area contributed by atoms with E-state index in [2.05, 4.69) is 5.32 Å². The second-order valence-corrected chi connectivity index (χ2v) is 8.59. The number of carbonyl (C=O) groups excluding carboxylic acids is 2. The van der Waals surface area contributed by atoms with Crippen LogP contribution in [0.3, 0.4) is 0 Å². The molecule has 1 amide bonds. The van der Waals surface area contributed by atoms with E-state index in [0.717, 1.165) is 4.31 Å². The van der Waals surface area contributed by atoms with Crippen molar-refractivity contribution in [1.29, 1.82) is 0 Å². The summed E-state index contributed by atoms with van der Waals surface area (Å²) in [5.41, 5.74) is 1.51. The second kappa shape index (κ2) is 8.15. The monoisotopic (exact) mass is 383 g/mol. The van der Waals surface area contributed by atoms with Gasteiger partial charge in [0.2, 0.25) is 5.91 Å². The van der Waals surface area contributed by atoms with Crippen molar-refractivity contribution < 1.29 is 22.7 Å². The van der Waals surface area contributed by atoms with E-state index in [4.69, 9.17) is 4.74 Å². The third-order valence-corrected chi connectivity index (χ3v) is 6.45. The first kappa shape index (κ1) is 20.3. The Morgan fingerprint density at radius 2 is 2.00 bits per heavy atom. The predicted molar refractivity (Wildman–Crippen MR) is 98.1 cm³/mol. The van der Waals surface area contributed by atoms with E-state index in [9.17, 15) is 18.0 Å². The summed E-state index contributed by atoms with van der Waals surface area (Å²) in [5.74, 6) is -1.17. The molecule has 0 bridgehead atoms. The molecule has 0 saturated carbocycles. The summed E-state index contributed by atoms with van der Waals surface area (Å²) in [6.07, 6.45) is 1.23. The quantitative estimate of drug-likeness (QED) is 0.772. The van der Waals surface area contributed by atoms with Crippen molar-refractivity contribution in [2.75, 3.05) is 39.6 Å². The van der Waals surface area contributed by atoms with Gasteiger partial charge in [-0.25, -0.2) is 4.79 Å². The summed E-state index contributed by atoms with van der Waals surface area (Å²) in [6, 6.07) is 5.00. The van der Waals surface area contributed by atoms with E-state index >= 15 is 0 Å². The van der Waals surface area contributed by atoms with Gasteiger partial charge in [0, 0.05) is 32.9 Å². The van der Waals surface area contributed by atoms with Crippen LogP contribution >= 0.6 is 0 Å². The molecule has 1 fully saturated rings. The second-order valence-electron chi connectivity index (χ2n) is 6.45. The summed E-state index contributed by atoms with van der Waals surface area (Å²) in [6.45, 7) is 2.27. The number of hydrogen-bond acceptors (Lipinski definition) is 5. The number of ether oxygens (including phenoxy) is 1. The first-order valence-electron chi connectivity index (χ1n) is 8.35. The average molecular weight is 383 g/mol. The van der Waals surface area contributed by atoms with Gasteiger partial charge in [0.25, 0.3) is 10.2 Å². The Morgan fingerprint density at radius 3 is 2.62 bits per heavy atom. The van der Waals surface area contributed by atoms with Gasteiger partial charge in [-0.15, -0.1) is 0 Å². The topological polar surface area (TPSA) is 96.0 Å². The van der Waals surface area contributed by atoms with Crippen LogP contribution in [0.1, 0.15) is 28.8 Å². The number of piperidine rings is 1. The summed E-state index contributed by atoms with van der Waals surface area (Å²) >= 11 is 0. The third kappa shape index (κ3) is 4.22. The SMILES string of the molecule is COC(=O)c1cccc(NC(=O)[C@H]2CCCN(S(=O)(=O)N(C)C)C2)c1C. The fourth-order valence-corrected chi connectivity index (χ4v) is 4.12. The van der Waals surface area contributed by atoms with E-state index in [1.54, 1.807) is 25.1 Å². The minimum absolute atomic E-state index is 0.141. The highest BCUT2D eigenvalue weighted by Crippen LogP contribution is 2.24. The summed E-state index contributed by atoms with van der Waals surface area (Å²) in [4.78, 5) is 24.4. The van der Waals surface area contributed by atoms with Crippen LogP contribution in [0, 0.1) is 12.8 Å². The molecule has 8 nitrogen and oxygen atoms in total. The van der Waals surface area contributed by atoms with Crippen LogP contribution < -0.4 is 5.32 Å². The molecule has 1 atom stereocenters. The van der Waals surface area contributed by atoms with Gasteiger partial charge in [-0.1, -0.05) is 6.07 Å². The van der Waals surface area contributed by atoms with Gasteiger partial charge in [-0.3, -0.25) is 4.79 Å². The highest BCUT2D eigenvalue weighted by Gasteiger charge is 2.33. The smallest absolute Gasteiger partial charge is 0.338 e. The summed E-state index contributed by atoms with van der Waals surface area (Å²) in [7, 11) is 0.703. The van der Waals surface area contributed by atoms with Crippen molar-refractivity contribution in [3.05, 3.63) is 29.3 Å². The highest BCUT2D eigenvalue weighted by molar-refractivity contribution is 7.86. The van der Waals surface area contributed by atoms with E-state index in [1.165, 1.54) is 25.5 Å². The fourth-order valence-electron chi connectivity index (χ4n) is 2.93. The number of benzene rings is 1. The Labute approximate surface area is 154 Å². The van der Waals surface area contributed by atoms with E-state index in [0.29, 0.717) is 36.2 Å². The van der Waals surface area contributed by atoms with Gasteiger partial charge in [0.05, 0.1) is 18.6 Å². The van der Waals surface area contributed by atoms with Gasteiger partial charge in [-0.2, -0.15) is 17.0 Å². The van der Waals surface area contributed by atoms with Crippen molar-refractivity contribution in [1.82, 2.24) is 8.61 Å². The van der Waals surface area contributed by atoms with Crippen molar-refractivity contribution in [2.24, 2.45) is 5.92 Å². The molecule has 0 spiro atoms. The molecule has 1 aliphatic rings. The Hall–Kier alpha value is -1.97. The van der Waals surface area contributed by atoms with Crippen LogP contribution in [0.2, 0.25) is 0 Å². The molecule has 1 aromatic carbocycles. The number of rotatable bonds is 5. The fraction of sp³-hybridized carbons (Fsp3) is 0.529. The van der Waals surface area contributed by atoms with Crippen LogP contribution in [-0.4, -0.2) is 63.2 Å². The molecule has 1 aliphatic heterocycles. The minimum atomic E-state index is -3.54. The molecule has 0 aliphatic carbocycles. The Balaban J connectivity index is 2.14. The van der Waals surface area contributed by atoms with E-state index in [1.807, 2.05) is 0 Å². The Kier molecular flexibility index (Phi) is 6.38. The Bertz CT molecular complexity index is 792. The Morgan fingerprint density at radius 1 is 1.31 bits per heavy atom. The van der Waals surface area contributed by atoms with Crippen LogP contribution in [0.4, 0.5) is 5.69 Å². The van der Waals surface area contributed by atoms with Gasteiger partial charge in [0.1, 0.15) is 0 Å². The number of carbonyl (C=O) groups is 2. The zero-order valence-corrected chi connectivity index (χ0v) is 16.3. The van der Waals surface area contributed by atoms with Gasteiger partial charge in [0.15, 0.2) is 0 Å². The lowest BCUT2D eigenvalue weighted by atomic mass is 9.98. The maximum Gasteiger partial charge on any atom is 0.338 e. The van der Waals surface area contributed by atoms with Crippen LogP contribution in [0.5, 0.6) is 0 Å². The lowest BCUT2D eigenvalue weighted by Crippen LogP contribution is -2.47. The number of esters is 1. The molecule has 0 radical (unpaired) electrons. The van der Waals surface area contributed by atoms with Crippen molar-refractivity contribution >= 4 is 27.8 Å². The minimum Gasteiger partial charge on any atom is -0.465 e. The first-order chi connectivity index (χ1) is 12.2. The van der Waals surface area contributed by atoms with Gasteiger partial charge in [-0.05, 0) is 37.5 Å². The lowest BCUT2D eigenvalue weighted by molar-refractivity contribution is -0.120. The number of amides is 1. The number of nitrogens with zero attached hydrogens (tertiary/aromatic N) is 2. The number of anilines is 1. The number of nitrogens with one attached hydrogen (secondary N) is 1. The molecule has 144 valence electrons. The normalized spacial score (nSPS) is 18.6. The standard InChI is InChI=1S/C17H25N3O5S/c1-12-14(17(22)25-4)8-5-9-15(12)18-16(21)13-7-6-10-20(11-13)26(23,24)19(2)3/h5,8-9,13H,6-7,10-11H2,1-4H3,(H,18,21)/t13-/m0/s1. The van der Waals surface area contributed by atoms with Crippen LogP contribution in [0.25, 0.3) is 0 Å². The molecule has 26 heavy (non-hydrogen) atoms. The van der Waals surface area contributed by atoms with Gasteiger partial charge >= 0.3 is 5.97 Å². The van der Waals surface area contributed by atoms with E-state index in [-0.39, 0.29) is 12.5 Å². The molecule has 9 heteroatoms. The number of hydrogen-bond donors (Lipinski definition) is 1. The lowest BCUT2D eigenvalue weighted by Gasteiger charge is -2.32.